The lowest BCUT2D eigenvalue weighted by Gasteiger charge is -2.33. The first-order valence-electron chi connectivity index (χ1n) is 9.35. The molecule has 1 aliphatic rings. The van der Waals surface area contributed by atoms with Gasteiger partial charge >= 0.3 is 5.97 Å². The average molecular weight is 432 g/mol. The molecule has 1 atom stereocenters. The molecule has 1 aromatic heterocycles. The number of thiazole rings is 1. The number of anilines is 1. The Labute approximate surface area is 175 Å². The number of hydrogen-bond acceptors (Lipinski definition) is 6. The SMILES string of the molecule is CCOC(=O)CC1Oc2cc(C)ccc2N(Cc2nc3ccc(F)c(F)c3s2)C1=O. The molecule has 3 aromatic rings. The van der Waals surface area contributed by atoms with Crippen molar-refractivity contribution in [2.75, 3.05) is 11.5 Å². The van der Waals surface area contributed by atoms with Crippen molar-refractivity contribution >= 4 is 39.1 Å². The van der Waals surface area contributed by atoms with E-state index in [9.17, 15) is 18.4 Å². The van der Waals surface area contributed by atoms with E-state index < -0.39 is 29.6 Å². The van der Waals surface area contributed by atoms with Gasteiger partial charge in [0.25, 0.3) is 5.91 Å². The van der Waals surface area contributed by atoms with E-state index in [2.05, 4.69) is 4.98 Å². The van der Waals surface area contributed by atoms with Gasteiger partial charge in [0, 0.05) is 0 Å². The Kier molecular flexibility index (Phi) is 5.38. The van der Waals surface area contributed by atoms with E-state index in [1.165, 1.54) is 11.0 Å². The van der Waals surface area contributed by atoms with Gasteiger partial charge in [-0.15, -0.1) is 11.3 Å². The Morgan fingerprint density at radius 2 is 2.10 bits per heavy atom. The summed E-state index contributed by atoms with van der Waals surface area (Å²) in [5, 5.41) is 0.436. The van der Waals surface area contributed by atoms with Crippen LogP contribution in [0.25, 0.3) is 10.2 Å². The molecule has 0 fully saturated rings. The number of aryl methyl sites for hydroxylation is 1. The summed E-state index contributed by atoms with van der Waals surface area (Å²) >= 11 is 0.982. The number of nitrogens with zero attached hydrogens (tertiary/aromatic N) is 2. The topological polar surface area (TPSA) is 68.7 Å². The van der Waals surface area contributed by atoms with Crippen LogP contribution in [0.3, 0.4) is 0 Å². The van der Waals surface area contributed by atoms with Crippen LogP contribution in [0.2, 0.25) is 0 Å². The summed E-state index contributed by atoms with van der Waals surface area (Å²) in [5.41, 5.74) is 1.77. The molecule has 1 unspecified atom stereocenters. The standard InChI is InChI=1S/C21H18F2N2O4S/c1-3-28-18(26)9-16-21(27)25(14-7-4-11(2)8-15(14)29-16)10-17-24-13-6-5-12(22)19(23)20(13)30-17/h4-8,16H,3,9-10H2,1-2H3. The van der Waals surface area contributed by atoms with Crippen LogP contribution in [0.15, 0.2) is 30.3 Å². The molecule has 0 radical (unpaired) electrons. The van der Waals surface area contributed by atoms with Gasteiger partial charge in [-0.3, -0.25) is 14.5 Å². The average Bonchev–Trinajstić information content (AvgIpc) is 3.11. The molecule has 2 heterocycles. The smallest absolute Gasteiger partial charge is 0.310 e. The van der Waals surface area contributed by atoms with E-state index >= 15 is 0 Å². The van der Waals surface area contributed by atoms with E-state index in [1.807, 2.05) is 13.0 Å². The number of hydrogen-bond donors (Lipinski definition) is 0. The Hall–Kier alpha value is -3.07. The largest absolute Gasteiger partial charge is 0.478 e. The minimum Gasteiger partial charge on any atom is -0.478 e. The van der Waals surface area contributed by atoms with Gasteiger partial charge in [0.15, 0.2) is 17.7 Å². The molecule has 1 aliphatic heterocycles. The first-order chi connectivity index (χ1) is 14.4. The predicted molar refractivity (Wildman–Crippen MR) is 108 cm³/mol. The van der Waals surface area contributed by atoms with Crippen molar-refractivity contribution in [2.45, 2.75) is 32.9 Å². The number of halogens is 2. The Morgan fingerprint density at radius 3 is 2.87 bits per heavy atom. The zero-order valence-corrected chi connectivity index (χ0v) is 17.1. The van der Waals surface area contributed by atoms with Crippen molar-refractivity contribution < 1.29 is 27.8 Å². The summed E-state index contributed by atoms with van der Waals surface area (Å²) in [4.78, 5) is 30.8. The molecule has 0 saturated carbocycles. The van der Waals surface area contributed by atoms with Gasteiger partial charge in [0.2, 0.25) is 0 Å². The molecule has 0 spiro atoms. The second-order valence-corrected chi connectivity index (χ2v) is 7.91. The second-order valence-electron chi connectivity index (χ2n) is 6.83. The Bertz CT molecular complexity index is 1150. The van der Waals surface area contributed by atoms with Crippen LogP contribution in [-0.4, -0.2) is 29.6 Å². The third-order valence-electron chi connectivity index (χ3n) is 4.66. The van der Waals surface area contributed by atoms with E-state index in [0.29, 0.717) is 22.0 Å². The minimum absolute atomic E-state index is 0.0397. The monoisotopic (exact) mass is 432 g/mol. The molecule has 0 aliphatic carbocycles. The van der Waals surface area contributed by atoms with Crippen LogP contribution >= 0.6 is 11.3 Å². The van der Waals surface area contributed by atoms with E-state index in [-0.39, 0.29) is 24.3 Å². The van der Waals surface area contributed by atoms with Crippen LogP contribution in [0.4, 0.5) is 14.5 Å². The fraction of sp³-hybridized carbons (Fsp3) is 0.286. The van der Waals surface area contributed by atoms with E-state index in [4.69, 9.17) is 9.47 Å². The summed E-state index contributed by atoms with van der Waals surface area (Å²) in [6.45, 7) is 3.81. The fourth-order valence-electron chi connectivity index (χ4n) is 3.28. The second kappa shape index (κ2) is 7.98. The summed E-state index contributed by atoms with van der Waals surface area (Å²) in [7, 11) is 0. The molecular weight excluding hydrogens is 414 g/mol. The van der Waals surface area contributed by atoms with Gasteiger partial charge in [-0.1, -0.05) is 6.07 Å². The van der Waals surface area contributed by atoms with Gasteiger partial charge in [-0.05, 0) is 43.7 Å². The van der Waals surface area contributed by atoms with Crippen LogP contribution in [-0.2, 0) is 20.9 Å². The van der Waals surface area contributed by atoms with E-state index in [1.54, 1.807) is 19.1 Å². The highest BCUT2D eigenvalue weighted by Crippen LogP contribution is 2.37. The summed E-state index contributed by atoms with van der Waals surface area (Å²) < 4.78 is 38.4. The number of fused-ring (bicyclic) bond motifs is 2. The quantitative estimate of drug-likeness (QED) is 0.567. The van der Waals surface area contributed by atoms with Gasteiger partial charge in [-0.25, -0.2) is 13.8 Å². The van der Waals surface area contributed by atoms with Crippen molar-refractivity contribution in [3.05, 3.63) is 52.5 Å². The normalized spacial score (nSPS) is 15.8. The lowest BCUT2D eigenvalue weighted by Crippen LogP contribution is -2.46. The fourth-order valence-corrected chi connectivity index (χ4v) is 4.26. The number of aromatic nitrogens is 1. The summed E-state index contributed by atoms with van der Waals surface area (Å²) in [6.07, 6.45) is -1.27. The third kappa shape index (κ3) is 3.72. The maximum absolute atomic E-state index is 14.1. The predicted octanol–water partition coefficient (Wildman–Crippen LogP) is 4.13. The molecule has 4 rings (SSSR count). The number of carbonyl (C=O) groups excluding carboxylic acids is 2. The molecule has 30 heavy (non-hydrogen) atoms. The number of benzene rings is 2. The zero-order chi connectivity index (χ0) is 21.4. The minimum atomic E-state index is -1.04. The van der Waals surface area contributed by atoms with Crippen LogP contribution in [0.5, 0.6) is 5.75 Å². The zero-order valence-electron chi connectivity index (χ0n) is 16.3. The summed E-state index contributed by atoms with van der Waals surface area (Å²) in [5.74, 6) is -2.41. The number of rotatable bonds is 5. The van der Waals surface area contributed by atoms with Gasteiger partial charge in [-0.2, -0.15) is 0 Å². The Balaban J connectivity index is 1.69. The molecule has 0 bridgehead atoms. The van der Waals surface area contributed by atoms with Gasteiger partial charge in [0.1, 0.15) is 10.8 Å². The highest BCUT2D eigenvalue weighted by atomic mass is 32.1. The molecular formula is C21H18F2N2O4S. The lowest BCUT2D eigenvalue weighted by molar-refractivity contribution is -0.147. The molecule has 9 heteroatoms. The number of esters is 1. The maximum Gasteiger partial charge on any atom is 0.310 e. The van der Waals surface area contributed by atoms with Crippen molar-refractivity contribution in [1.82, 2.24) is 4.98 Å². The first-order valence-corrected chi connectivity index (χ1v) is 10.2. The van der Waals surface area contributed by atoms with E-state index in [0.717, 1.165) is 23.0 Å². The Morgan fingerprint density at radius 1 is 1.30 bits per heavy atom. The highest BCUT2D eigenvalue weighted by Gasteiger charge is 2.36. The van der Waals surface area contributed by atoms with Crippen LogP contribution in [0, 0.1) is 18.6 Å². The molecule has 6 nitrogen and oxygen atoms in total. The van der Waals surface area contributed by atoms with Gasteiger partial charge in [0.05, 0.1) is 35.5 Å². The molecule has 156 valence electrons. The molecule has 0 N–H and O–H groups in total. The maximum atomic E-state index is 14.1. The van der Waals surface area contributed by atoms with Crippen molar-refractivity contribution in [2.24, 2.45) is 0 Å². The first kappa shape index (κ1) is 20.2. The van der Waals surface area contributed by atoms with Crippen LogP contribution in [0.1, 0.15) is 23.9 Å². The lowest BCUT2D eigenvalue weighted by atomic mass is 10.1. The van der Waals surface area contributed by atoms with Crippen molar-refractivity contribution in [3.8, 4) is 5.75 Å². The summed E-state index contributed by atoms with van der Waals surface area (Å²) in [6, 6.07) is 7.78. The van der Waals surface area contributed by atoms with Crippen molar-refractivity contribution in [1.29, 1.82) is 0 Å². The molecule has 1 amide bonds. The number of amides is 1. The molecule has 0 saturated heterocycles. The number of ether oxygens (including phenoxy) is 2. The van der Waals surface area contributed by atoms with Crippen molar-refractivity contribution in [3.63, 3.8) is 0 Å². The third-order valence-corrected chi connectivity index (χ3v) is 5.71. The molecule has 2 aromatic carbocycles. The van der Waals surface area contributed by atoms with Gasteiger partial charge < -0.3 is 9.47 Å². The van der Waals surface area contributed by atoms with Crippen LogP contribution < -0.4 is 9.64 Å². The highest BCUT2D eigenvalue weighted by molar-refractivity contribution is 7.18. The number of carbonyl (C=O) groups is 2.